The Morgan fingerprint density at radius 1 is 1.04 bits per heavy atom. The molecule has 5 nitrogen and oxygen atoms in total. The minimum absolute atomic E-state index is 0.547. The molecule has 3 aromatic rings. The SMILES string of the molecule is Cc1cc(COCCN2CCOCC2)nn1-c1ccc2ccccc2c1. The molecule has 1 saturated heterocycles. The molecule has 0 aliphatic carbocycles. The van der Waals surface area contributed by atoms with E-state index in [1.165, 1.54) is 10.8 Å². The molecule has 2 heterocycles. The van der Waals surface area contributed by atoms with Gasteiger partial charge in [-0.1, -0.05) is 30.3 Å². The third kappa shape index (κ3) is 3.96. The summed E-state index contributed by atoms with van der Waals surface area (Å²) in [6, 6.07) is 16.9. The van der Waals surface area contributed by atoms with Crippen molar-refractivity contribution in [1.82, 2.24) is 14.7 Å². The number of benzene rings is 2. The van der Waals surface area contributed by atoms with Crippen LogP contribution in [-0.4, -0.2) is 54.1 Å². The summed E-state index contributed by atoms with van der Waals surface area (Å²) in [5.74, 6) is 0. The molecule has 0 unspecified atom stereocenters. The number of hydrogen-bond acceptors (Lipinski definition) is 4. The predicted octanol–water partition coefficient (Wildman–Crippen LogP) is 3.18. The van der Waals surface area contributed by atoms with E-state index in [2.05, 4.69) is 60.4 Å². The van der Waals surface area contributed by atoms with Gasteiger partial charge in [-0.15, -0.1) is 0 Å². The zero-order valence-electron chi connectivity index (χ0n) is 15.2. The van der Waals surface area contributed by atoms with Gasteiger partial charge in [0.2, 0.25) is 0 Å². The van der Waals surface area contributed by atoms with E-state index in [4.69, 9.17) is 14.6 Å². The second-order valence-electron chi connectivity index (χ2n) is 6.73. The third-order valence-electron chi connectivity index (χ3n) is 4.82. The quantitative estimate of drug-likeness (QED) is 0.640. The van der Waals surface area contributed by atoms with Crippen molar-refractivity contribution in [3.05, 3.63) is 59.9 Å². The summed E-state index contributed by atoms with van der Waals surface area (Å²) in [5.41, 5.74) is 3.17. The maximum Gasteiger partial charge on any atom is 0.0907 e. The van der Waals surface area contributed by atoms with E-state index in [1.54, 1.807) is 0 Å². The van der Waals surface area contributed by atoms with Gasteiger partial charge in [0, 0.05) is 25.3 Å². The van der Waals surface area contributed by atoms with Gasteiger partial charge in [-0.3, -0.25) is 4.90 Å². The first kappa shape index (κ1) is 17.2. The predicted molar refractivity (Wildman–Crippen MR) is 103 cm³/mol. The average Bonchev–Trinajstić information content (AvgIpc) is 3.06. The fraction of sp³-hybridized carbons (Fsp3) is 0.381. The molecule has 4 rings (SSSR count). The lowest BCUT2D eigenvalue weighted by Gasteiger charge is -2.26. The van der Waals surface area contributed by atoms with Crippen LogP contribution in [0.2, 0.25) is 0 Å². The van der Waals surface area contributed by atoms with E-state index in [0.717, 1.165) is 56.5 Å². The fourth-order valence-electron chi connectivity index (χ4n) is 3.37. The van der Waals surface area contributed by atoms with Crippen LogP contribution in [0.3, 0.4) is 0 Å². The molecule has 0 saturated carbocycles. The monoisotopic (exact) mass is 351 g/mol. The zero-order chi connectivity index (χ0) is 17.8. The minimum Gasteiger partial charge on any atom is -0.379 e. The fourth-order valence-corrected chi connectivity index (χ4v) is 3.37. The molecule has 0 atom stereocenters. The first-order valence-electron chi connectivity index (χ1n) is 9.22. The lowest BCUT2D eigenvalue weighted by molar-refractivity contribution is 0.0176. The van der Waals surface area contributed by atoms with Crippen LogP contribution in [0.4, 0.5) is 0 Å². The summed E-state index contributed by atoms with van der Waals surface area (Å²) >= 11 is 0. The smallest absolute Gasteiger partial charge is 0.0907 e. The number of aryl methyl sites for hydroxylation is 1. The van der Waals surface area contributed by atoms with Crippen LogP contribution < -0.4 is 0 Å². The van der Waals surface area contributed by atoms with E-state index in [0.29, 0.717) is 6.61 Å². The third-order valence-corrected chi connectivity index (χ3v) is 4.82. The van der Waals surface area contributed by atoms with Crippen molar-refractivity contribution in [3.8, 4) is 5.69 Å². The molecule has 26 heavy (non-hydrogen) atoms. The van der Waals surface area contributed by atoms with Crippen molar-refractivity contribution in [2.45, 2.75) is 13.5 Å². The van der Waals surface area contributed by atoms with E-state index < -0.39 is 0 Å². The summed E-state index contributed by atoms with van der Waals surface area (Å²) in [6.07, 6.45) is 0. The van der Waals surface area contributed by atoms with Crippen LogP contribution in [0.1, 0.15) is 11.4 Å². The molecule has 0 radical (unpaired) electrons. The van der Waals surface area contributed by atoms with Gasteiger partial charge < -0.3 is 9.47 Å². The normalized spacial score (nSPS) is 15.6. The lowest BCUT2D eigenvalue weighted by Crippen LogP contribution is -2.38. The largest absolute Gasteiger partial charge is 0.379 e. The maximum absolute atomic E-state index is 5.84. The molecule has 0 amide bonds. The van der Waals surface area contributed by atoms with E-state index in [-0.39, 0.29) is 0 Å². The maximum atomic E-state index is 5.84. The van der Waals surface area contributed by atoms with Gasteiger partial charge in [-0.05, 0) is 35.9 Å². The molecule has 1 aliphatic rings. The Morgan fingerprint density at radius 2 is 1.85 bits per heavy atom. The van der Waals surface area contributed by atoms with Gasteiger partial charge in [0.15, 0.2) is 0 Å². The number of ether oxygens (including phenoxy) is 2. The van der Waals surface area contributed by atoms with Gasteiger partial charge in [0.05, 0.1) is 37.8 Å². The molecular formula is C21H25N3O2. The summed E-state index contributed by atoms with van der Waals surface area (Å²) in [4.78, 5) is 2.38. The number of nitrogens with zero attached hydrogens (tertiary/aromatic N) is 3. The van der Waals surface area contributed by atoms with Crippen LogP contribution in [0, 0.1) is 6.92 Å². The number of morpholine rings is 1. The van der Waals surface area contributed by atoms with Crippen molar-refractivity contribution in [2.24, 2.45) is 0 Å². The Bertz CT molecular complexity index is 869. The molecule has 0 spiro atoms. The Hall–Kier alpha value is -2.21. The lowest BCUT2D eigenvalue weighted by atomic mass is 10.1. The molecular weight excluding hydrogens is 326 g/mol. The second kappa shape index (κ2) is 7.99. The number of rotatable bonds is 6. The Kier molecular flexibility index (Phi) is 5.29. The summed E-state index contributed by atoms with van der Waals surface area (Å²) in [6.45, 7) is 7.96. The zero-order valence-corrected chi connectivity index (χ0v) is 15.2. The van der Waals surface area contributed by atoms with Crippen molar-refractivity contribution < 1.29 is 9.47 Å². The van der Waals surface area contributed by atoms with E-state index in [1.807, 2.05) is 4.68 Å². The molecule has 5 heteroatoms. The molecule has 2 aromatic carbocycles. The number of aromatic nitrogens is 2. The average molecular weight is 351 g/mol. The first-order chi connectivity index (χ1) is 12.8. The van der Waals surface area contributed by atoms with Crippen LogP contribution in [0.15, 0.2) is 48.5 Å². The Morgan fingerprint density at radius 3 is 2.69 bits per heavy atom. The van der Waals surface area contributed by atoms with Gasteiger partial charge in [0.1, 0.15) is 0 Å². The standard InChI is InChI=1S/C21H25N3O2/c1-17-14-20(16-26-13-10-23-8-11-25-12-9-23)22-24(17)21-7-6-18-4-2-3-5-19(18)15-21/h2-7,14-15H,8-13,16H2,1H3. The highest BCUT2D eigenvalue weighted by Gasteiger charge is 2.10. The van der Waals surface area contributed by atoms with Crippen molar-refractivity contribution in [1.29, 1.82) is 0 Å². The van der Waals surface area contributed by atoms with Gasteiger partial charge in [-0.2, -0.15) is 5.10 Å². The minimum atomic E-state index is 0.547. The molecule has 1 aliphatic heterocycles. The molecule has 1 fully saturated rings. The molecule has 136 valence electrons. The Balaban J connectivity index is 1.38. The van der Waals surface area contributed by atoms with Crippen LogP contribution in [-0.2, 0) is 16.1 Å². The summed E-state index contributed by atoms with van der Waals surface area (Å²) in [7, 11) is 0. The Labute approximate surface area is 154 Å². The molecule has 0 bridgehead atoms. The van der Waals surface area contributed by atoms with Crippen molar-refractivity contribution >= 4 is 10.8 Å². The highest BCUT2D eigenvalue weighted by molar-refractivity contribution is 5.84. The van der Waals surface area contributed by atoms with Gasteiger partial charge in [-0.25, -0.2) is 4.68 Å². The summed E-state index contributed by atoms with van der Waals surface area (Å²) < 4.78 is 13.2. The van der Waals surface area contributed by atoms with Crippen LogP contribution >= 0.6 is 0 Å². The van der Waals surface area contributed by atoms with Crippen LogP contribution in [0.25, 0.3) is 16.5 Å². The van der Waals surface area contributed by atoms with Crippen LogP contribution in [0.5, 0.6) is 0 Å². The molecule has 0 N–H and O–H groups in total. The second-order valence-corrected chi connectivity index (χ2v) is 6.73. The van der Waals surface area contributed by atoms with Gasteiger partial charge >= 0.3 is 0 Å². The number of fused-ring (bicyclic) bond motifs is 1. The van der Waals surface area contributed by atoms with Crippen molar-refractivity contribution in [2.75, 3.05) is 39.5 Å². The van der Waals surface area contributed by atoms with E-state index >= 15 is 0 Å². The number of hydrogen-bond donors (Lipinski definition) is 0. The highest BCUT2D eigenvalue weighted by Crippen LogP contribution is 2.20. The summed E-state index contributed by atoms with van der Waals surface area (Å²) in [5, 5.41) is 7.20. The highest BCUT2D eigenvalue weighted by atomic mass is 16.5. The van der Waals surface area contributed by atoms with E-state index in [9.17, 15) is 0 Å². The molecule has 1 aromatic heterocycles. The first-order valence-corrected chi connectivity index (χ1v) is 9.22. The van der Waals surface area contributed by atoms with Crippen molar-refractivity contribution in [3.63, 3.8) is 0 Å². The topological polar surface area (TPSA) is 39.5 Å². The van der Waals surface area contributed by atoms with Gasteiger partial charge in [0.25, 0.3) is 0 Å².